The van der Waals surface area contributed by atoms with E-state index in [9.17, 15) is 13.2 Å². The van der Waals surface area contributed by atoms with Crippen molar-refractivity contribution in [1.29, 1.82) is 0 Å². The Morgan fingerprint density at radius 2 is 1.73 bits per heavy atom. The van der Waals surface area contributed by atoms with Crippen LogP contribution in [0.25, 0.3) is 0 Å². The van der Waals surface area contributed by atoms with Gasteiger partial charge >= 0.3 is 0 Å². The molecule has 1 saturated heterocycles. The van der Waals surface area contributed by atoms with Crippen LogP contribution in [0.5, 0.6) is 5.75 Å². The van der Waals surface area contributed by atoms with E-state index in [1.165, 1.54) is 16.4 Å². The summed E-state index contributed by atoms with van der Waals surface area (Å²) in [4.78, 5) is 13.0. The van der Waals surface area contributed by atoms with Crippen LogP contribution in [0.15, 0.2) is 53.4 Å². The third-order valence-corrected chi connectivity index (χ3v) is 7.68. The number of ether oxygens (including phenoxy) is 1. The Labute approximate surface area is 183 Å². The summed E-state index contributed by atoms with van der Waals surface area (Å²) < 4.78 is 32.2. The largest absolute Gasteiger partial charge is 0.497 e. The van der Waals surface area contributed by atoms with Crippen molar-refractivity contribution in [3.8, 4) is 5.75 Å². The molecular weight excluding hydrogens is 424 g/mol. The number of benzene rings is 2. The van der Waals surface area contributed by atoms with Crippen LogP contribution >= 0.6 is 11.6 Å². The van der Waals surface area contributed by atoms with Crippen LogP contribution in [-0.2, 0) is 14.8 Å². The van der Waals surface area contributed by atoms with E-state index >= 15 is 0 Å². The van der Waals surface area contributed by atoms with Crippen LogP contribution in [0.3, 0.4) is 0 Å². The number of carbonyl (C=O) groups is 1. The summed E-state index contributed by atoms with van der Waals surface area (Å²) in [5, 5.41) is 3.61. The second kappa shape index (κ2) is 9.81. The van der Waals surface area contributed by atoms with Gasteiger partial charge in [0.1, 0.15) is 5.75 Å². The van der Waals surface area contributed by atoms with E-state index in [-0.39, 0.29) is 22.8 Å². The van der Waals surface area contributed by atoms with Crippen molar-refractivity contribution in [3.63, 3.8) is 0 Å². The van der Waals surface area contributed by atoms with E-state index in [4.69, 9.17) is 16.3 Å². The molecule has 0 saturated carbocycles. The summed E-state index contributed by atoms with van der Waals surface area (Å²) in [7, 11) is -1.96. The molecule has 2 aromatic rings. The minimum Gasteiger partial charge on any atom is -0.497 e. The molecule has 0 radical (unpaired) electrons. The van der Waals surface area contributed by atoms with Gasteiger partial charge in [-0.3, -0.25) is 4.79 Å². The summed E-state index contributed by atoms with van der Waals surface area (Å²) in [5.41, 5.74) is 1.02. The molecule has 1 heterocycles. The van der Waals surface area contributed by atoms with Gasteiger partial charge in [-0.2, -0.15) is 4.31 Å². The molecule has 0 aliphatic carbocycles. The van der Waals surface area contributed by atoms with Gasteiger partial charge in [0.2, 0.25) is 15.9 Å². The van der Waals surface area contributed by atoms with Gasteiger partial charge in [-0.25, -0.2) is 8.42 Å². The van der Waals surface area contributed by atoms with Gasteiger partial charge in [0.15, 0.2) is 0 Å². The van der Waals surface area contributed by atoms with E-state index in [0.717, 1.165) is 17.7 Å². The van der Waals surface area contributed by atoms with Crippen molar-refractivity contribution in [2.75, 3.05) is 20.2 Å². The Morgan fingerprint density at radius 1 is 1.13 bits per heavy atom. The minimum absolute atomic E-state index is 0.0267. The maximum atomic E-state index is 12.8. The van der Waals surface area contributed by atoms with E-state index in [1.807, 2.05) is 31.2 Å². The van der Waals surface area contributed by atoms with E-state index < -0.39 is 10.0 Å². The van der Waals surface area contributed by atoms with Crippen molar-refractivity contribution in [2.24, 2.45) is 5.92 Å². The van der Waals surface area contributed by atoms with Gasteiger partial charge < -0.3 is 10.1 Å². The second-order valence-corrected chi connectivity index (χ2v) is 9.75. The summed E-state index contributed by atoms with van der Waals surface area (Å²) in [6, 6.07) is 13.7. The Kier molecular flexibility index (Phi) is 7.39. The first kappa shape index (κ1) is 22.6. The predicted molar refractivity (Wildman–Crippen MR) is 117 cm³/mol. The van der Waals surface area contributed by atoms with Crippen molar-refractivity contribution >= 4 is 27.5 Å². The lowest BCUT2D eigenvalue weighted by Gasteiger charge is -2.31. The van der Waals surface area contributed by atoms with Crippen LogP contribution in [0.4, 0.5) is 0 Å². The van der Waals surface area contributed by atoms with Gasteiger partial charge in [0.25, 0.3) is 0 Å². The number of sulfonamides is 1. The molecule has 30 heavy (non-hydrogen) atoms. The van der Waals surface area contributed by atoms with Crippen molar-refractivity contribution < 1.29 is 17.9 Å². The monoisotopic (exact) mass is 450 g/mol. The van der Waals surface area contributed by atoms with Crippen molar-refractivity contribution in [1.82, 2.24) is 9.62 Å². The maximum absolute atomic E-state index is 12.8. The zero-order valence-electron chi connectivity index (χ0n) is 17.2. The average Bonchev–Trinajstić information content (AvgIpc) is 2.78. The number of hydrogen-bond donors (Lipinski definition) is 1. The highest BCUT2D eigenvalue weighted by molar-refractivity contribution is 7.89. The Bertz CT molecular complexity index is 954. The molecule has 1 amide bonds. The van der Waals surface area contributed by atoms with Gasteiger partial charge in [0, 0.05) is 24.0 Å². The smallest absolute Gasteiger partial charge is 0.243 e. The number of methoxy groups -OCH3 is 1. The highest BCUT2D eigenvalue weighted by Crippen LogP contribution is 2.26. The Balaban J connectivity index is 1.59. The highest BCUT2D eigenvalue weighted by atomic mass is 35.5. The lowest BCUT2D eigenvalue weighted by atomic mass is 9.95. The fourth-order valence-corrected chi connectivity index (χ4v) is 5.26. The minimum atomic E-state index is -3.57. The van der Waals surface area contributed by atoms with Crippen LogP contribution in [0.1, 0.15) is 37.8 Å². The number of nitrogens with zero attached hydrogens (tertiary/aromatic N) is 1. The molecule has 1 N–H and O–H groups in total. The average molecular weight is 451 g/mol. The van der Waals surface area contributed by atoms with Crippen LogP contribution in [-0.4, -0.2) is 38.8 Å². The van der Waals surface area contributed by atoms with E-state index in [0.29, 0.717) is 31.0 Å². The number of carbonyl (C=O) groups excluding carboxylic acids is 1. The molecule has 1 aliphatic rings. The summed E-state index contributed by atoms with van der Waals surface area (Å²) in [5.74, 6) is 0.546. The first-order valence-electron chi connectivity index (χ1n) is 10.0. The topological polar surface area (TPSA) is 75.7 Å². The van der Waals surface area contributed by atoms with Crippen LogP contribution in [0, 0.1) is 5.92 Å². The second-order valence-electron chi connectivity index (χ2n) is 7.37. The summed E-state index contributed by atoms with van der Waals surface area (Å²) in [6.07, 6.45) is 1.76. The highest BCUT2D eigenvalue weighted by Gasteiger charge is 2.32. The predicted octanol–water partition coefficient (Wildman–Crippen LogP) is 4.02. The zero-order valence-corrected chi connectivity index (χ0v) is 18.7. The van der Waals surface area contributed by atoms with Crippen molar-refractivity contribution in [2.45, 2.75) is 37.1 Å². The lowest BCUT2D eigenvalue weighted by molar-refractivity contribution is -0.126. The molecule has 0 spiro atoms. The van der Waals surface area contributed by atoms with E-state index in [2.05, 4.69) is 5.32 Å². The zero-order chi connectivity index (χ0) is 21.7. The molecule has 1 unspecified atom stereocenters. The molecule has 3 rings (SSSR count). The standard InChI is InChI=1S/C22H27ClN2O4S/c1-3-21(16-4-8-19(29-2)9-5-16)24-22(26)17-12-14-25(15-13-17)30(27,28)20-10-6-18(23)7-11-20/h4-11,17,21H,3,12-15H2,1-2H3,(H,24,26). The molecule has 162 valence electrons. The molecule has 0 bridgehead atoms. The molecule has 1 aliphatic heterocycles. The van der Waals surface area contributed by atoms with Gasteiger partial charge in [-0.15, -0.1) is 0 Å². The van der Waals surface area contributed by atoms with E-state index in [1.54, 1.807) is 19.2 Å². The van der Waals surface area contributed by atoms with Gasteiger partial charge in [-0.1, -0.05) is 30.7 Å². The molecule has 0 aromatic heterocycles. The number of nitrogens with one attached hydrogen (secondary N) is 1. The normalized spacial score (nSPS) is 16.8. The number of halogens is 1. The molecule has 8 heteroatoms. The molecular formula is C22H27ClN2O4S. The number of rotatable bonds is 7. The molecule has 1 fully saturated rings. The maximum Gasteiger partial charge on any atom is 0.243 e. The third kappa shape index (κ3) is 5.14. The van der Waals surface area contributed by atoms with Gasteiger partial charge in [0.05, 0.1) is 18.0 Å². The SMILES string of the molecule is CCC(NC(=O)C1CCN(S(=O)(=O)c2ccc(Cl)cc2)CC1)c1ccc(OC)cc1. The quantitative estimate of drug-likeness (QED) is 0.691. The molecule has 1 atom stereocenters. The molecule has 6 nitrogen and oxygen atoms in total. The fraction of sp³-hybridized carbons (Fsp3) is 0.409. The number of hydrogen-bond acceptors (Lipinski definition) is 4. The molecule has 2 aromatic carbocycles. The fourth-order valence-electron chi connectivity index (χ4n) is 3.66. The first-order chi connectivity index (χ1) is 14.3. The number of amides is 1. The first-order valence-corrected chi connectivity index (χ1v) is 11.9. The third-order valence-electron chi connectivity index (χ3n) is 5.52. The lowest BCUT2D eigenvalue weighted by Crippen LogP contribution is -2.43. The van der Waals surface area contributed by atoms with Gasteiger partial charge in [-0.05, 0) is 61.2 Å². The number of piperidine rings is 1. The van der Waals surface area contributed by atoms with Crippen molar-refractivity contribution in [3.05, 3.63) is 59.1 Å². The Morgan fingerprint density at radius 3 is 2.27 bits per heavy atom. The van der Waals surface area contributed by atoms with Crippen LogP contribution < -0.4 is 10.1 Å². The summed E-state index contributed by atoms with van der Waals surface area (Å²) >= 11 is 5.86. The van der Waals surface area contributed by atoms with Crippen LogP contribution in [0.2, 0.25) is 5.02 Å². The Hall–Kier alpha value is -2.09. The summed E-state index contributed by atoms with van der Waals surface area (Å²) in [6.45, 7) is 2.67.